The topological polar surface area (TPSA) is 119 Å². The van der Waals surface area contributed by atoms with E-state index in [1.54, 1.807) is 18.2 Å². The molecule has 0 aliphatic heterocycles. The van der Waals surface area contributed by atoms with Gasteiger partial charge in [0.25, 0.3) is 5.56 Å². The van der Waals surface area contributed by atoms with Gasteiger partial charge in [0.2, 0.25) is 5.91 Å². The molecule has 8 heteroatoms. The summed E-state index contributed by atoms with van der Waals surface area (Å²) in [5, 5.41) is 0. The Hall–Kier alpha value is -2.87. The van der Waals surface area contributed by atoms with Crippen molar-refractivity contribution in [1.82, 2.24) is 15.4 Å². The van der Waals surface area contributed by atoms with Crippen LogP contribution in [0, 0.1) is 0 Å². The minimum atomic E-state index is -0.467. The predicted octanol–water partition coefficient (Wildman–Crippen LogP) is -0.0135. The van der Waals surface area contributed by atoms with Gasteiger partial charge >= 0.3 is 0 Å². The van der Waals surface area contributed by atoms with Crippen LogP contribution in [0.4, 0.5) is 0 Å². The normalized spacial score (nSPS) is 10.1. The first kappa shape index (κ1) is 15.5. The number of nitrogens with one attached hydrogen (secondary N) is 2. The summed E-state index contributed by atoms with van der Waals surface area (Å²) in [5.74, 6) is 5.99. The number of benzene rings is 1. The fraction of sp³-hybridized carbons (Fsp3) is 0.214. The third-order valence-corrected chi connectivity index (χ3v) is 3.04. The summed E-state index contributed by atoms with van der Waals surface area (Å²) in [6, 6.07) is 5.15. The molecule has 1 amide bonds. The van der Waals surface area contributed by atoms with Gasteiger partial charge in [-0.2, -0.15) is 0 Å². The Morgan fingerprint density at radius 3 is 2.64 bits per heavy atom. The Kier molecular flexibility index (Phi) is 4.74. The highest BCUT2D eigenvalue weighted by Crippen LogP contribution is 2.30. The van der Waals surface area contributed by atoms with E-state index in [1.807, 2.05) is 5.43 Å². The summed E-state index contributed by atoms with van der Waals surface area (Å²) in [7, 11) is 3.06. The molecule has 0 saturated carbocycles. The largest absolute Gasteiger partial charge is 0.493 e. The molecule has 0 atom stereocenters. The van der Waals surface area contributed by atoms with E-state index in [9.17, 15) is 9.59 Å². The molecule has 0 fully saturated rings. The lowest BCUT2D eigenvalue weighted by molar-refractivity contribution is -0.120. The summed E-state index contributed by atoms with van der Waals surface area (Å²) in [4.78, 5) is 29.9. The number of aromatic amines is 1. The zero-order valence-electron chi connectivity index (χ0n) is 12.2. The number of carbonyl (C=O) groups is 1. The highest BCUT2D eigenvalue weighted by atomic mass is 16.5. The fourth-order valence-corrected chi connectivity index (χ4v) is 1.90. The number of aromatic nitrogens is 2. The first-order valence-corrected chi connectivity index (χ1v) is 6.39. The SMILES string of the molecule is COc1ccc(-c2ncc(CC(=O)NN)c(=O)[nH]2)cc1OC. The van der Waals surface area contributed by atoms with E-state index in [1.165, 1.54) is 20.4 Å². The Morgan fingerprint density at radius 2 is 2.05 bits per heavy atom. The lowest BCUT2D eigenvalue weighted by atomic mass is 10.1. The predicted molar refractivity (Wildman–Crippen MR) is 79.4 cm³/mol. The van der Waals surface area contributed by atoms with Gasteiger partial charge in [-0.3, -0.25) is 15.0 Å². The number of nitrogens with zero attached hydrogens (tertiary/aromatic N) is 1. The van der Waals surface area contributed by atoms with E-state index in [4.69, 9.17) is 15.3 Å². The molecule has 0 aliphatic rings. The number of methoxy groups -OCH3 is 2. The van der Waals surface area contributed by atoms with E-state index < -0.39 is 11.5 Å². The number of carbonyl (C=O) groups excluding carboxylic acids is 1. The summed E-state index contributed by atoms with van der Waals surface area (Å²) in [6.45, 7) is 0. The molecule has 2 aromatic rings. The summed E-state index contributed by atoms with van der Waals surface area (Å²) in [5.41, 5.74) is 2.45. The van der Waals surface area contributed by atoms with Gasteiger partial charge in [0.1, 0.15) is 5.82 Å². The highest BCUT2D eigenvalue weighted by Gasteiger charge is 2.11. The second-order valence-electron chi connectivity index (χ2n) is 4.40. The van der Waals surface area contributed by atoms with E-state index in [2.05, 4.69) is 9.97 Å². The van der Waals surface area contributed by atoms with Gasteiger partial charge in [-0.25, -0.2) is 10.8 Å². The lowest BCUT2D eigenvalue weighted by Crippen LogP contribution is -2.33. The number of hydrazine groups is 1. The molecule has 0 unspecified atom stereocenters. The Bertz CT molecular complexity index is 742. The zero-order valence-corrected chi connectivity index (χ0v) is 12.2. The van der Waals surface area contributed by atoms with Gasteiger partial charge in [0, 0.05) is 17.3 Å². The molecule has 0 spiro atoms. The average molecular weight is 304 g/mol. The summed E-state index contributed by atoms with van der Waals surface area (Å²) in [6.07, 6.45) is 1.21. The third-order valence-electron chi connectivity index (χ3n) is 3.04. The minimum Gasteiger partial charge on any atom is -0.493 e. The number of nitrogens with two attached hydrogens (primary N) is 1. The second kappa shape index (κ2) is 6.72. The van der Waals surface area contributed by atoms with Gasteiger partial charge in [-0.05, 0) is 18.2 Å². The van der Waals surface area contributed by atoms with Gasteiger partial charge in [0.05, 0.1) is 20.6 Å². The summed E-state index contributed by atoms with van der Waals surface area (Å²) >= 11 is 0. The van der Waals surface area contributed by atoms with Crippen molar-refractivity contribution in [3.05, 3.63) is 40.3 Å². The van der Waals surface area contributed by atoms with Crippen LogP contribution in [0.25, 0.3) is 11.4 Å². The molecular weight excluding hydrogens is 288 g/mol. The molecule has 0 saturated heterocycles. The van der Waals surface area contributed by atoms with Crippen molar-refractivity contribution in [2.24, 2.45) is 5.84 Å². The van der Waals surface area contributed by atoms with Gasteiger partial charge < -0.3 is 14.5 Å². The van der Waals surface area contributed by atoms with Crippen LogP contribution in [0.5, 0.6) is 11.5 Å². The van der Waals surface area contributed by atoms with Crippen LogP contribution in [0.3, 0.4) is 0 Å². The Balaban J connectivity index is 2.36. The number of rotatable bonds is 5. The number of ether oxygens (including phenoxy) is 2. The first-order valence-electron chi connectivity index (χ1n) is 6.39. The first-order chi connectivity index (χ1) is 10.6. The number of hydrogen-bond donors (Lipinski definition) is 3. The molecule has 0 radical (unpaired) electrons. The van der Waals surface area contributed by atoms with Crippen LogP contribution in [0.2, 0.25) is 0 Å². The maximum Gasteiger partial charge on any atom is 0.254 e. The lowest BCUT2D eigenvalue weighted by Gasteiger charge is -2.09. The molecule has 0 aliphatic carbocycles. The fourth-order valence-electron chi connectivity index (χ4n) is 1.90. The van der Waals surface area contributed by atoms with Gasteiger partial charge in [-0.15, -0.1) is 0 Å². The van der Waals surface area contributed by atoms with Crippen molar-refractivity contribution in [2.75, 3.05) is 14.2 Å². The van der Waals surface area contributed by atoms with Crippen LogP contribution >= 0.6 is 0 Å². The maximum absolute atomic E-state index is 12.0. The molecule has 1 aromatic carbocycles. The number of H-pyrrole nitrogens is 1. The Morgan fingerprint density at radius 1 is 1.32 bits per heavy atom. The van der Waals surface area contributed by atoms with Crippen molar-refractivity contribution in [3.8, 4) is 22.9 Å². The quantitative estimate of drug-likeness (QED) is 0.406. The number of amides is 1. The third kappa shape index (κ3) is 3.23. The van der Waals surface area contributed by atoms with Crippen molar-refractivity contribution >= 4 is 5.91 Å². The van der Waals surface area contributed by atoms with Gasteiger partial charge in [0.15, 0.2) is 11.5 Å². The van der Waals surface area contributed by atoms with E-state index in [0.717, 1.165) is 0 Å². The van der Waals surface area contributed by atoms with E-state index >= 15 is 0 Å². The molecular formula is C14H16N4O4. The maximum atomic E-state index is 12.0. The van der Waals surface area contributed by atoms with E-state index in [0.29, 0.717) is 22.9 Å². The Labute approximate surface area is 126 Å². The zero-order chi connectivity index (χ0) is 16.1. The van der Waals surface area contributed by atoms with E-state index in [-0.39, 0.29) is 12.0 Å². The van der Waals surface area contributed by atoms with Crippen LogP contribution in [-0.2, 0) is 11.2 Å². The minimum absolute atomic E-state index is 0.134. The summed E-state index contributed by atoms with van der Waals surface area (Å²) < 4.78 is 10.4. The van der Waals surface area contributed by atoms with Crippen molar-refractivity contribution in [2.45, 2.75) is 6.42 Å². The molecule has 2 rings (SSSR count). The van der Waals surface area contributed by atoms with Gasteiger partial charge in [-0.1, -0.05) is 0 Å². The molecule has 116 valence electrons. The molecule has 1 heterocycles. The van der Waals surface area contributed by atoms with Crippen molar-refractivity contribution < 1.29 is 14.3 Å². The van der Waals surface area contributed by atoms with Crippen molar-refractivity contribution in [1.29, 1.82) is 0 Å². The van der Waals surface area contributed by atoms with Crippen LogP contribution < -0.4 is 26.3 Å². The molecule has 22 heavy (non-hydrogen) atoms. The van der Waals surface area contributed by atoms with Crippen LogP contribution in [0.15, 0.2) is 29.2 Å². The molecule has 0 bridgehead atoms. The molecule has 1 aromatic heterocycles. The second-order valence-corrected chi connectivity index (χ2v) is 4.40. The standard InChI is InChI=1S/C14H16N4O4/c1-21-10-4-3-8(5-11(10)22-2)13-16-7-9(14(20)17-13)6-12(19)18-15/h3-5,7H,6,15H2,1-2H3,(H,18,19)(H,16,17,20). The molecule has 4 N–H and O–H groups in total. The van der Waals surface area contributed by atoms with Crippen LogP contribution in [-0.4, -0.2) is 30.1 Å². The molecule has 8 nitrogen and oxygen atoms in total. The monoisotopic (exact) mass is 304 g/mol. The average Bonchev–Trinajstić information content (AvgIpc) is 2.55. The smallest absolute Gasteiger partial charge is 0.254 e. The highest BCUT2D eigenvalue weighted by molar-refractivity contribution is 5.77. The number of hydrogen-bond acceptors (Lipinski definition) is 6. The van der Waals surface area contributed by atoms with Crippen LogP contribution in [0.1, 0.15) is 5.56 Å². The van der Waals surface area contributed by atoms with Crippen molar-refractivity contribution in [3.63, 3.8) is 0 Å².